The van der Waals surface area contributed by atoms with Gasteiger partial charge in [0.15, 0.2) is 5.78 Å². The predicted molar refractivity (Wildman–Crippen MR) is 104 cm³/mol. The molecule has 3 heteroatoms. The Morgan fingerprint density at radius 1 is 1.21 bits per heavy atom. The topological polar surface area (TPSA) is 22.0 Å². The Labute approximate surface area is 150 Å². The van der Waals surface area contributed by atoms with Crippen LogP contribution in [0.4, 0.5) is 0 Å². The molecule has 1 heterocycles. The summed E-state index contributed by atoms with van der Waals surface area (Å²) in [6, 6.07) is 8.17. The zero-order valence-corrected chi connectivity index (χ0v) is 15.8. The van der Waals surface area contributed by atoms with Crippen LogP contribution in [0.1, 0.15) is 56.8 Å². The molecule has 0 bridgehead atoms. The average molecular weight is 346 g/mol. The maximum Gasteiger partial charge on any atom is 0.165 e. The van der Waals surface area contributed by atoms with Gasteiger partial charge in [-0.2, -0.15) is 0 Å². The van der Waals surface area contributed by atoms with Crippen LogP contribution in [0, 0.1) is 5.41 Å². The van der Waals surface area contributed by atoms with E-state index in [0.717, 1.165) is 47.8 Å². The minimum atomic E-state index is -0.180. The molecule has 0 saturated carbocycles. The number of aryl methyl sites for hydroxylation is 1. The van der Waals surface area contributed by atoms with Gasteiger partial charge in [-0.15, -0.1) is 11.6 Å². The largest absolute Gasteiger partial charge is 0.347 e. The summed E-state index contributed by atoms with van der Waals surface area (Å²) in [5.74, 6) is 0.908. The molecule has 0 aliphatic carbocycles. The van der Waals surface area contributed by atoms with Gasteiger partial charge in [-0.05, 0) is 31.2 Å². The molecule has 2 rings (SSSR count). The molecule has 0 N–H and O–H groups in total. The van der Waals surface area contributed by atoms with Crippen LogP contribution in [0.2, 0.25) is 0 Å². The van der Waals surface area contributed by atoms with Crippen molar-refractivity contribution >= 4 is 28.3 Å². The fourth-order valence-corrected chi connectivity index (χ4v) is 3.04. The first-order valence-electron chi connectivity index (χ1n) is 8.70. The second-order valence-electron chi connectivity index (χ2n) is 7.27. The fourth-order valence-electron chi connectivity index (χ4n) is 2.85. The van der Waals surface area contributed by atoms with Gasteiger partial charge in [0.25, 0.3) is 0 Å². The second-order valence-corrected chi connectivity index (χ2v) is 7.65. The van der Waals surface area contributed by atoms with E-state index in [0.29, 0.717) is 12.3 Å². The quantitative estimate of drug-likeness (QED) is 0.228. The summed E-state index contributed by atoms with van der Waals surface area (Å²) in [4.78, 5) is 12.9. The summed E-state index contributed by atoms with van der Waals surface area (Å²) in [7, 11) is 0. The van der Waals surface area contributed by atoms with Crippen molar-refractivity contribution in [3.8, 4) is 0 Å². The van der Waals surface area contributed by atoms with Crippen LogP contribution in [0.3, 0.4) is 0 Å². The summed E-state index contributed by atoms with van der Waals surface area (Å²) in [6.07, 6.45) is 5.75. The predicted octanol–water partition coefficient (Wildman–Crippen LogP) is 6.23. The third kappa shape index (κ3) is 4.30. The monoisotopic (exact) mass is 345 g/mol. The molecular weight excluding hydrogens is 318 g/mol. The van der Waals surface area contributed by atoms with Gasteiger partial charge in [-0.25, -0.2) is 0 Å². The van der Waals surface area contributed by atoms with Crippen molar-refractivity contribution in [2.45, 2.75) is 53.0 Å². The van der Waals surface area contributed by atoms with Crippen LogP contribution < -0.4 is 0 Å². The Balaban J connectivity index is 2.27. The lowest BCUT2D eigenvalue weighted by Crippen LogP contribution is -2.18. The van der Waals surface area contributed by atoms with Crippen molar-refractivity contribution in [1.82, 2.24) is 4.57 Å². The van der Waals surface area contributed by atoms with E-state index in [-0.39, 0.29) is 11.2 Å². The molecule has 0 radical (unpaired) electrons. The van der Waals surface area contributed by atoms with E-state index in [1.165, 1.54) is 0 Å². The lowest BCUT2D eigenvalue weighted by molar-refractivity contribution is 0.0947. The van der Waals surface area contributed by atoms with Gasteiger partial charge in [-0.3, -0.25) is 4.79 Å². The highest BCUT2D eigenvalue weighted by molar-refractivity contribution is 6.17. The first kappa shape index (κ1) is 18.8. The molecule has 1 aromatic carbocycles. The molecule has 0 saturated heterocycles. The molecule has 2 aromatic rings. The Morgan fingerprint density at radius 3 is 2.58 bits per heavy atom. The van der Waals surface area contributed by atoms with Gasteiger partial charge >= 0.3 is 0 Å². The summed E-state index contributed by atoms with van der Waals surface area (Å²) in [5, 5.41) is 1.05. The molecule has 0 atom stereocenters. The number of carbonyl (C=O) groups excluding carboxylic acids is 1. The van der Waals surface area contributed by atoms with Crippen molar-refractivity contribution in [2.75, 3.05) is 5.88 Å². The van der Waals surface area contributed by atoms with E-state index >= 15 is 0 Å². The molecule has 0 aliphatic heterocycles. The fraction of sp³-hybridized carbons (Fsp3) is 0.476. The normalized spacial score (nSPS) is 11.8. The van der Waals surface area contributed by atoms with Gasteiger partial charge < -0.3 is 4.57 Å². The van der Waals surface area contributed by atoms with E-state index < -0.39 is 0 Å². The number of rotatable bonds is 9. The molecule has 0 amide bonds. The van der Waals surface area contributed by atoms with Crippen LogP contribution >= 0.6 is 11.6 Å². The highest BCUT2D eigenvalue weighted by Gasteiger charge is 2.25. The van der Waals surface area contributed by atoms with Gasteiger partial charge in [0.1, 0.15) is 0 Å². The minimum Gasteiger partial charge on any atom is -0.347 e. The number of hydrogen-bond donors (Lipinski definition) is 0. The first-order valence-corrected chi connectivity index (χ1v) is 9.23. The van der Waals surface area contributed by atoms with E-state index in [4.69, 9.17) is 11.6 Å². The number of allylic oxidation sites excluding steroid dienone is 1. The number of halogens is 1. The van der Waals surface area contributed by atoms with Crippen molar-refractivity contribution < 1.29 is 4.79 Å². The molecule has 130 valence electrons. The van der Waals surface area contributed by atoms with Crippen LogP contribution in [-0.4, -0.2) is 16.2 Å². The standard InChI is InChI=1S/C21H28ClNO/c1-16(2)21(3,4)14-20(24)18-15-23(13-9-5-8-12-22)19-11-7-6-10-17(18)19/h6-7,10-11,15H,1,5,8-9,12-14H2,2-4H3. The van der Waals surface area contributed by atoms with Crippen LogP contribution in [0.25, 0.3) is 10.9 Å². The molecule has 1 aromatic heterocycles. The van der Waals surface area contributed by atoms with Crippen molar-refractivity contribution in [2.24, 2.45) is 5.41 Å². The van der Waals surface area contributed by atoms with Gasteiger partial charge in [-0.1, -0.05) is 50.6 Å². The number of nitrogens with zero attached hydrogens (tertiary/aromatic N) is 1. The number of hydrogen-bond acceptors (Lipinski definition) is 1. The van der Waals surface area contributed by atoms with Crippen molar-refractivity contribution in [3.05, 3.63) is 48.2 Å². The number of benzene rings is 1. The lowest BCUT2D eigenvalue weighted by Gasteiger charge is -2.23. The van der Waals surface area contributed by atoms with E-state index in [1.54, 1.807) is 0 Å². The third-order valence-corrected chi connectivity index (χ3v) is 5.15. The van der Waals surface area contributed by atoms with Crippen LogP contribution in [0.5, 0.6) is 0 Å². The minimum absolute atomic E-state index is 0.180. The number of fused-ring (bicyclic) bond motifs is 1. The maximum atomic E-state index is 12.9. The maximum absolute atomic E-state index is 12.9. The Morgan fingerprint density at radius 2 is 1.92 bits per heavy atom. The number of para-hydroxylation sites is 1. The number of Topliss-reactive ketones (excluding diaryl/α,β-unsaturated/α-hetero) is 1. The number of unbranched alkanes of at least 4 members (excludes halogenated alkanes) is 2. The van der Waals surface area contributed by atoms with Crippen molar-refractivity contribution in [3.63, 3.8) is 0 Å². The zero-order chi connectivity index (χ0) is 17.7. The summed E-state index contributed by atoms with van der Waals surface area (Å²) >= 11 is 5.75. The molecule has 24 heavy (non-hydrogen) atoms. The highest BCUT2D eigenvalue weighted by Crippen LogP contribution is 2.32. The number of aromatic nitrogens is 1. The highest BCUT2D eigenvalue weighted by atomic mass is 35.5. The Hall–Kier alpha value is -1.54. The summed E-state index contributed by atoms with van der Waals surface area (Å²) in [5.41, 5.74) is 2.83. The van der Waals surface area contributed by atoms with Crippen molar-refractivity contribution in [1.29, 1.82) is 0 Å². The molecule has 0 fully saturated rings. The van der Waals surface area contributed by atoms with Gasteiger partial charge in [0, 0.05) is 41.5 Å². The van der Waals surface area contributed by atoms with Crippen LogP contribution in [-0.2, 0) is 6.54 Å². The molecule has 0 unspecified atom stereocenters. The Kier molecular flexibility index (Phi) is 6.28. The van der Waals surface area contributed by atoms with E-state index in [1.807, 2.05) is 31.3 Å². The van der Waals surface area contributed by atoms with Crippen LogP contribution in [0.15, 0.2) is 42.6 Å². The second kappa shape index (κ2) is 8.02. The first-order chi connectivity index (χ1) is 11.4. The smallest absolute Gasteiger partial charge is 0.165 e. The number of carbonyl (C=O) groups is 1. The number of alkyl halides is 1. The van der Waals surface area contributed by atoms with Gasteiger partial charge in [0.2, 0.25) is 0 Å². The van der Waals surface area contributed by atoms with E-state index in [2.05, 4.69) is 31.1 Å². The summed E-state index contributed by atoms with van der Waals surface area (Å²) < 4.78 is 2.21. The number of ketones is 1. The third-order valence-electron chi connectivity index (χ3n) is 4.88. The summed E-state index contributed by atoms with van der Waals surface area (Å²) in [6.45, 7) is 11.1. The SMILES string of the molecule is C=C(C)C(C)(C)CC(=O)c1cn(CCCCCCl)c2ccccc12. The average Bonchev–Trinajstić information content (AvgIpc) is 2.90. The molecule has 0 aliphatic rings. The molecule has 0 spiro atoms. The van der Waals surface area contributed by atoms with Gasteiger partial charge in [0.05, 0.1) is 0 Å². The molecule has 2 nitrogen and oxygen atoms in total. The Bertz CT molecular complexity index is 727. The lowest BCUT2D eigenvalue weighted by atomic mass is 9.80. The van der Waals surface area contributed by atoms with E-state index in [9.17, 15) is 4.79 Å². The molecular formula is C21H28ClNO. The zero-order valence-electron chi connectivity index (χ0n) is 15.1.